The first kappa shape index (κ1) is 27.5. The summed E-state index contributed by atoms with van der Waals surface area (Å²) in [5.74, 6) is 0.0871. The molecule has 0 radical (unpaired) electrons. The molecule has 0 bridgehead atoms. The number of aryl methyl sites for hydroxylation is 1. The number of fused-ring (bicyclic) bond motifs is 1. The molecule has 0 saturated heterocycles. The van der Waals surface area contributed by atoms with Gasteiger partial charge in [0.05, 0.1) is 23.0 Å². The zero-order chi connectivity index (χ0) is 29.3. The van der Waals surface area contributed by atoms with E-state index in [0.717, 1.165) is 16.7 Å². The van der Waals surface area contributed by atoms with Crippen molar-refractivity contribution in [3.8, 4) is 22.4 Å². The highest BCUT2D eigenvalue weighted by molar-refractivity contribution is 5.99. The fraction of sp³-hybridized carbons (Fsp3) is 0.182. The molecule has 1 amide bonds. The normalized spacial score (nSPS) is 11.8. The average molecular weight is 547 g/mol. The van der Waals surface area contributed by atoms with Gasteiger partial charge in [-0.25, -0.2) is 9.38 Å². The van der Waals surface area contributed by atoms with Crippen molar-refractivity contribution < 1.29 is 14.4 Å². The molecule has 0 aliphatic rings. The highest BCUT2D eigenvalue weighted by atomic mass is 16.1. The van der Waals surface area contributed by atoms with Crippen molar-refractivity contribution in [1.82, 2.24) is 14.0 Å². The van der Waals surface area contributed by atoms with Crippen molar-refractivity contribution >= 4 is 28.9 Å². The first-order chi connectivity index (χ1) is 19.6. The average Bonchev–Trinajstić information content (AvgIpc) is 3.30. The molecule has 2 heterocycles. The van der Waals surface area contributed by atoms with Crippen molar-refractivity contribution in [1.29, 1.82) is 0 Å². The lowest BCUT2D eigenvalue weighted by Crippen LogP contribution is -2.25. The SMILES string of the molecule is CC(=O)Cc1ccc(C(=O)C(C)n2cc(-c3ccccc3)c(=O)n3c(C)c(-c4ccc(NC(C)=O)cc4)nc23)cc1. The number of carbonyl (C=O) groups excluding carboxylic acids is 3. The Morgan fingerprint density at radius 1 is 0.878 bits per heavy atom. The minimum absolute atomic E-state index is 0.0526. The van der Waals surface area contributed by atoms with Crippen LogP contribution in [0.2, 0.25) is 0 Å². The van der Waals surface area contributed by atoms with Gasteiger partial charge in [-0.2, -0.15) is 0 Å². The van der Waals surface area contributed by atoms with Crippen LogP contribution in [0, 0.1) is 6.92 Å². The predicted octanol–water partition coefficient (Wildman–Crippen LogP) is 5.67. The highest BCUT2D eigenvalue weighted by Crippen LogP contribution is 2.28. The van der Waals surface area contributed by atoms with Crippen molar-refractivity contribution in [2.24, 2.45) is 0 Å². The van der Waals surface area contributed by atoms with Crippen LogP contribution in [0.3, 0.4) is 0 Å². The maximum absolute atomic E-state index is 13.9. The molecule has 5 aromatic rings. The van der Waals surface area contributed by atoms with E-state index in [4.69, 9.17) is 4.98 Å². The Balaban J connectivity index is 1.65. The van der Waals surface area contributed by atoms with Crippen molar-refractivity contribution in [3.63, 3.8) is 0 Å². The summed E-state index contributed by atoms with van der Waals surface area (Å²) in [6, 6.07) is 22.9. The number of hydrogen-bond acceptors (Lipinski definition) is 5. The van der Waals surface area contributed by atoms with E-state index in [1.54, 1.807) is 58.5 Å². The smallest absolute Gasteiger partial charge is 0.267 e. The van der Waals surface area contributed by atoms with Crippen LogP contribution in [-0.2, 0) is 16.0 Å². The molecule has 0 aliphatic heterocycles. The lowest BCUT2D eigenvalue weighted by molar-refractivity contribution is -0.116. The van der Waals surface area contributed by atoms with E-state index in [2.05, 4.69) is 5.32 Å². The van der Waals surface area contributed by atoms with Crippen LogP contribution in [0.15, 0.2) is 89.9 Å². The second-order valence-electron chi connectivity index (χ2n) is 10.2. The molecule has 0 aliphatic carbocycles. The van der Waals surface area contributed by atoms with Gasteiger partial charge < -0.3 is 9.88 Å². The van der Waals surface area contributed by atoms with Gasteiger partial charge in [-0.15, -0.1) is 0 Å². The maximum Gasteiger partial charge on any atom is 0.267 e. The summed E-state index contributed by atoms with van der Waals surface area (Å²) in [5, 5.41) is 2.75. The molecule has 41 heavy (non-hydrogen) atoms. The fourth-order valence-electron chi connectivity index (χ4n) is 5.01. The number of rotatable bonds is 8. The second kappa shape index (κ2) is 11.2. The summed E-state index contributed by atoms with van der Waals surface area (Å²) >= 11 is 0. The van der Waals surface area contributed by atoms with Gasteiger partial charge in [0.2, 0.25) is 11.7 Å². The highest BCUT2D eigenvalue weighted by Gasteiger charge is 2.24. The van der Waals surface area contributed by atoms with Crippen LogP contribution in [0.25, 0.3) is 28.2 Å². The number of amides is 1. The number of anilines is 1. The predicted molar refractivity (Wildman–Crippen MR) is 159 cm³/mol. The summed E-state index contributed by atoms with van der Waals surface area (Å²) < 4.78 is 3.30. The largest absolute Gasteiger partial charge is 0.326 e. The Hall–Kier alpha value is -5.11. The van der Waals surface area contributed by atoms with Gasteiger partial charge >= 0.3 is 0 Å². The van der Waals surface area contributed by atoms with E-state index in [-0.39, 0.29) is 23.0 Å². The summed E-state index contributed by atoms with van der Waals surface area (Å²) in [5.41, 5.74) is 4.95. The molecule has 0 fully saturated rings. The quantitative estimate of drug-likeness (QED) is 0.253. The van der Waals surface area contributed by atoms with Gasteiger partial charge in [-0.1, -0.05) is 66.7 Å². The minimum atomic E-state index is -0.684. The molecule has 3 aromatic carbocycles. The third-order valence-electron chi connectivity index (χ3n) is 7.07. The van der Waals surface area contributed by atoms with E-state index < -0.39 is 6.04 Å². The molecule has 0 saturated carbocycles. The van der Waals surface area contributed by atoms with Gasteiger partial charge in [0.1, 0.15) is 5.78 Å². The van der Waals surface area contributed by atoms with E-state index in [9.17, 15) is 19.2 Å². The Labute approximate surface area is 237 Å². The summed E-state index contributed by atoms with van der Waals surface area (Å²) in [6.07, 6.45) is 2.02. The molecule has 1 unspecified atom stereocenters. The van der Waals surface area contributed by atoms with E-state index >= 15 is 0 Å². The number of benzene rings is 3. The molecule has 0 spiro atoms. The minimum Gasteiger partial charge on any atom is -0.326 e. The van der Waals surface area contributed by atoms with Gasteiger partial charge in [0.25, 0.3) is 5.56 Å². The Morgan fingerprint density at radius 2 is 1.54 bits per heavy atom. The Bertz CT molecular complexity index is 1830. The zero-order valence-electron chi connectivity index (χ0n) is 23.3. The third-order valence-corrected chi connectivity index (χ3v) is 7.07. The second-order valence-corrected chi connectivity index (χ2v) is 10.2. The van der Waals surface area contributed by atoms with Crippen molar-refractivity contribution in [2.75, 3.05) is 5.32 Å². The number of carbonyl (C=O) groups is 3. The number of nitrogens with zero attached hydrogens (tertiary/aromatic N) is 3. The van der Waals surface area contributed by atoms with E-state index in [0.29, 0.717) is 40.4 Å². The molecule has 2 aromatic heterocycles. The fourth-order valence-corrected chi connectivity index (χ4v) is 5.01. The molecule has 8 heteroatoms. The first-order valence-electron chi connectivity index (χ1n) is 13.3. The summed E-state index contributed by atoms with van der Waals surface area (Å²) in [4.78, 5) is 55.4. The zero-order valence-corrected chi connectivity index (χ0v) is 23.3. The number of ketones is 2. The number of aromatic nitrogens is 3. The van der Waals surface area contributed by atoms with Crippen LogP contribution in [0.4, 0.5) is 5.69 Å². The number of nitrogens with one attached hydrogen (secondary N) is 1. The lowest BCUT2D eigenvalue weighted by Gasteiger charge is -2.18. The first-order valence-corrected chi connectivity index (χ1v) is 13.3. The van der Waals surface area contributed by atoms with Crippen LogP contribution >= 0.6 is 0 Å². The van der Waals surface area contributed by atoms with Gasteiger partial charge in [-0.3, -0.25) is 19.2 Å². The molecule has 8 nitrogen and oxygen atoms in total. The standard InChI is InChI=1S/C33H30N4O4/c1-20(38)18-24-10-12-27(13-11-24)31(40)22(3)36-19-29(25-8-6-5-7-9-25)32(41)37-21(2)30(35-33(36)37)26-14-16-28(17-15-26)34-23(4)39/h5-17,19,22H,18H2,1-4H3,(H,34,39). The summed E-state index contributed by atoms with van der Waals surface area (Å²) in [7, 11) is 0. The van der Waals surface area contributed by atoms with Crippen LogP contribution in [0.1, 0.15) is 48.4 Å². The topological polar surface area (TPSA) is 103 Å². The summed E-state index contributed by atoms with van der Waals surface area (Å²) in [6.45, 7) is 6.60. The molecular formula is C33H30N4O4. The van der Waals surface area contributed by atoms with Crippen molar-refractivity contribution in [2.45, 2.75) is 40.2 Å². The van der Waals surface area contributed by atoms with Crippen LogP contribution in [0.5, 0.6) is 0 Å². The third kappa shape index (κ3) is 5.49. The number of Topliss-reactive ketones (excluding diaryl/α,β-unsaturated/α-hetero) is 2. The van der Waals surface area contributed by atoms with Gasteiger partial charge in [0.15, 0.2) is 5.78 Å². The monoisotopic (exact) mass is 546 g/mol. The van der Waals surface area contributed by atoms with E-state index in [1.165, 1.54) is 13.8 Å². The number of hydrogen-bond donors (Lipinski definition) is 1. The number of imidazole rings is 1. The molecule has 1 N–H and O–H groups in total. The van der Waals surface area contributed by atoms with Crippen LogP contribution < -0.4 is 10.9 Å². The molecule has 5 rings (SSSR count). The lowest BCUT2D eigenvalue weighted by atomic mass is 10.0. The molecular weight excluding hydrogens is 516 g/mol. The Kier molecular flexibility index (Phi) is 7.48. The maximum atomic E-state index is 13.9. The van der Waals surface area contributed by atoms with Gasteiger partial charge in [-0.05, 0) is 44.0 Å². The molecule has 206 valence electrons. The van der Waals surface area contributed by atoms with Crippen molar-refractivity contribution in [3.05, 3.63) is 112 Å². The Morgan fingerprint density at radius 3 is 2.15 bits per heavy atom. The van der Waals surface area contributed by atoms with E-state index in [1.807, 2.05) is 49.4 Å². The van der Waals surface area contributed by atoms with Gasteiger partial charge in [0, 0.05) is 36.4 Å². The molecule has 1 atom stereocenters. The van der Waals surface area contributed by atoms with Crippen LogP contribution in [-0.4, -0.2) is 31.4 Å².